The molecule has 0 aromatic heterocycles. The molecule has 0 saturated carbocycles. The van der Waals surface area contributed by atoms with Crippen molar-refractivity contribution >= 4 is 85.2 Å². The van der Waals surface area contributed by atoms with E-state index in [4.69, 9.17) is 0 Å². The highest BCUT2D eigenvalue weighted by Gasteiger charge is 2.24. The van der Waals surface area contributed by atoms with Crippen molar-refractivity contribution in [3.05, 3.63) is 60.7 Å². The summed E-state index contributed by atoms with van der Waals surface area (Å²) in [6.45, 7) is 0. The predicted molar refractivity (Wildman–Crippen MR) is 181 cm³/mol. The molecule has 0 heterocycles. The quantitative estimate of drug-likeness (QED) is 0.0707. The fourth-order valence-corrected chi connectivity index (χ4v) is 8.32. The maximum atomic E-state index is 12.7. The van der Waals surface area contributed by atoms with Gasteiger partial charge in [0.2, 0.25) is 11.8 Å². The van der Waals surface area contributed by atoms with Crippen molar-refractivity contribution in [2.75, 3.05) is 10.6 Å². The Labute approximate surface area is 287 Å². The number of rotatable bonds is 15. The number of carbonyl (C=O) groups is 2. The first-order valence-corrected chi connectivity index (χ1v) is 20.6. The summed E-state index contributed by atoms with van der Waals surface area (Å²) < 4.78 is 134. The van der Waals surface area contributed by atoms with Gasteiger partial charge in [0.1, 0.15) is 19.6 Å². The van der Waals surface area contributed by atoms with E-state index in [1.54, 1.807) is 0 Å². The Hall–Kier alpha value is -4.02. The summed E-state index contributed by atoms with van der Waals surface area (Å²) in [7, 11) is -19.2. The smallest absolute Gasteiger partial charge is 0.295 e. The van der Waals surface area contributed by atoms with Crippen molar-refractivity contribution in [2.24, 2.45) is 0 Å². The van der Waals surface area contributed by atoms with E-state index < -0.39 is 71.9 Å². The van der Waals surface area contributed by atoms with Gasteiger partial charge in [-0.15, -0.1) is 0 Å². The Bertz CT molecular complexity index is 2260. The number of unbranched alkanes of at least 4 members (excludes halogenated alkanes) is 5. The van der Waals surface area contributed by atoms with E-state index >= 15 is 0 Å². The van der Waals surface area contributed by atoms with Crippen LogP contribution in [0, 0.1) is 0 Å². The van der Waals surface area contributed by atoms with Gasteiger partial charge in [0.25, 0.3) is 40.5 Å². The maximum Gasteiger partial charge on any atom is 0.295 e. The Morgan fingerprint density at radius 1 is 0.440 bits per heavy atom. The largest absolute Gasteiger partial charge is 0.325 e. The normalized spacial score (nSPS) is 12.6. The first-order chi connectivity index (χ1) is 23.2. The molecule has 0 bridgehead atoms. The van der Waals surface area contributed by atoms with Gasteiger partial charge in [-0.25, -0.2) is 0 Å². The number of carbonyl (C=O) groups excluding carboxylic acids is 2. The van der Waals surface area contributed by atoms with E-state index in [0.717, 1.165) is 36.4 Å². The van der Waals surface area contributed by atoms with E-state index in [1.165, 1.54) is 24.3 Å². The minimum absolute atomic E-state index is 0.0217. The predicted octanol–water partition coefficient (Wildman–Crippen LogP) is 4.68. The van der Waals surface area contributed by atoms with Crippen LogP contribution in [0.3, 0.4) is 0 Å². The topological polar surface area (TPSA) is 276 Å². The van der Waals surface area contributed by atoms with Gasteiger partial charge >= 0.3 is 0 Å². The van der Waals surface area contributed by atoms with Gasteiger partial charge in [0.05, 0.1) is 11.4 Å². The van der Waals surface area contributed by atoms with Crippen molar-refractivity contribution in [3.8, 4) is 0 Å². The molecule has 6 N–H and O–H groups in total. The van der Waals surface area contributed by atoms with Crippen LogP contribution in [0.15, 0.2) is 80.2 Å². The summed E-state index contributed by atoms with van der Waals surface area (Å²) in [6, 6.07) is 11.1. The molecule has 16 nitrogen and oxygen atoms in total. The monoisotopic (exact) mass is 772 g/mol. The second kappa shape index (κ2) is 15.1. The maximum absolute atomic E-state index is 12.7. The van der Waals surface area contributed by atoms with E-state index in [2.05, 4.69) is 10.6 Å². The fraction of sp³-hybridized carbons (Fsp3) is 0.267. The third-order valence-corrected chi connectivity index (χ3v) is 11.3. The number of amides is 2. The number of benzene rings is 4. The summed E-state index contributed by atoms with van der Waals surface area (Å²) in [4.78, 5) is 22.8. The van der Waals surface area contributed by atoms with Crippen LogP contribution < -0.4 is 10.6 Å². The van der Waals surface area contributed by atoms with Gasteiger partial charge in [-0.3, -0.25) is 27.8 Å². The zero-order chi connectivity index (χ0) is 37.1. The summed E-state index contributed by atoms with van der Waals surface area (Å²) in [5.74, 6) is -1.02. The number of hydrogen-bond acceptors (Lipinski definition) is 10. The number of fused-ring (bicyclic) bond motifs is 2. The molecule has 0 fully saturated rings. The minimum Gasteiger partial charge on any atom is -0.325 e. The lowest BCUT2D eigenvalue weighted by atomic mass is 10.1. The van der Waals surface area contributed by atoms with Crippen LogP contribution in [0.2, 0.25) is 0 Å². The average Bonchev–Trinajstić information content (AvgIpc) is 2.99. The first-order valence-electron chi connectivity index (χ1n) is 14.8. The summed E-state index contributed by atoms with van der Waals surface area (Å²) >= 11 is 0. The summed E-state index contributed by atoms with van der Waals surface area (Å²) in [5, 5.41) is 4.04. The lowest BCUT2D eigenvalue weighted by Crippen LogP contribution is -2.13. The zero-order valence-electron chi connectivity index (χ0n) is 25.9. The molecular weight excluding hydrogens is 741 g/mol. The van der Waals surface area contributed by atoms with Crippen LogP contribution in [0.1, 0.15) is 51.4 Å². The SMILES string of the molecule is O=C(CCCCCCCCC(=O)Nc1ccc(S(=O)(=O)O)c2cccc(S(=O)(=O)O)c12)Nc1ccc(S(=O)(=O)O)c2cccc(S(=O)(=O)O)c12. The highest BCUT2D eigenvalue weighted by Crippen LogP contribution is 2.36. The zero-order valence-corrected chi connectivity index (χ0v) is 29.2. The van der Waals surface area contributed by atoms with E-state index in [0.29, 0.717) is 38.5 Å². The molecule has 0 spiro atoms. The molecule has 4 rings (SSSR count). The van der Waals surface area contributed by atoms with Crippen molar-refractivity contribution < 1.29 is 61.5 Å². The third-order valence-electron chi connectivity index (χ3n) is 7.64. The molecule has 20 heteroatoms. The molecule has 4 aromatic rings. The fourth-order valence-electron chi connectivity index (χ4n) is 5.48. The van der Waals surface area contributed by atoms with Crippen LogP contribution in [-0.2, 0) is 50.1 Å². The van der Waals surface area contributed by atoms with Gasteiger partial charge in [0.15, 0.2) is 0 Å². The molecule has 0 atom stereocenters. The van der Waals surface area contributed by atoms with Crippen LogP contribution in [-0.4, -0.2) is 63.7 Å². The number of nitrogens with one attached hydrogen (secondary N) is 2. The Morgan fingerprint density at radius 3 is 1.08 bits per heavy atom. The van der Waals surface area contributed by atoms with Crippen molar-refractivity contribution in [1.29, 1.82) is 0 Å². The molecule has 2 amide bonds. The van der Waals surface area contributed by atoms with Crippen molar-refractivity contribution in [2.45, 2.75) is 70.9 Å². The molecule has 270 valence electrons. The van der Waals surface area contributed by atoms with Gasteiger partial charge in [0, 0.05) is 34.4 Å². The van der Waals surface area contributed by atoms with Crippen molar-refractivity contribution in [3.63, 3.8) is 0 Å². The molecule has 0 aliphatic rings. The summed E-state index contributed by atoms with van der Waals surface area (Å²) in [6.07, 6.45) is 3.51. The number of anilines is 2. The van der Waals surface area contributed by atoms with E-state index in [-0.39, 0.29) is 45.8 Å². The lowest BCUT2D eigenvalue weighted by Gasteiger charge is -2.14. The van der Waals surface area contributed by atoms with E-state index in [9.17, 15) is 61.5 Å². The molecule has 50 heavy (non-hydrogen) atoms. The highest BCUT2D eigenvalue weighted by molar-refractivity contribution is 7.87. The Morgan fingerprint density at radius 2 is 0.760 bits per heavy atom. The molecule has 0 saturated heterocycles. The van der Waals surface area contributed by atoms with Crippen LogP contribution >= 0.6 is 0 Å². The molecular formula is C30H32N2O14S4. The second-order valence-electron chi connectivity index (χ2n) is 11.2. The molecule has 4 aromatic carbocycles. The highest BCUT2D eigenvalue weighted by atomic mass is 32.2. The Kier molecular flexibility index (Phi) is 11.7. The molecule has 0 radical (unpaired) electrons. The van der Waals surface area contributed by atoms with Gasteiger partial charge in [-0.05, 0) is 49.2 Å². The lowest BCUT2D eigenvalue weighted by molar-refractivity contribution is -0.117. The molecule has 0 aliphatic carbocycles. The first kappa shape index (κ1) is 38.8. The third kappa shape index (κ3) is 9.40. The second-order valence-corrected chi connectivity index (χ2v) is 16.8. The average molecular weight is 773 g/mol. The number of hydrogen-bond donors (Lipinski definition) is 6. The van der Waals surface area contributed by atoms with Crippen molar-refractivity contribution in [1.82, 2.24) is 0 Å². The van der Waals surface area contributed by atoms with Crippen LogP contribution in [0.4, 0.5) is 11.4 Å². The van der Waals surface area contributed by atoms with Gasteiger partial charge < -0.3 is 10.6 Å². The molecule has 0 aliphatic heterocycles. The van der Waals surface area contributed by atoms with E-state index in [1.807, 2.05) is 0 Å². The van der Waals surface area contributed by atoms with Gasteiger partial charge in [-0.2, -0.15) is 33.7 Å². The Balaban J connectivity index is 1.29. The standard InChI is InChI=1S/C30H32N2O14S4/c33-27(31-21-15-17-23(47(35,36)37)19-9-7-11-25(29(19)21)49(41,42)43)13-5-3-1-2-4-6-14-28(34)32-22-16-18-24(48(38,39)40)20-10-8-12-26(30(20)22)50(44,45)46/h7-12,15-18H,1-6,13-14H2,(H,31,33)(H,32,34)(H,35,36,37)(H,38,39,40)(H,41,42,43)(H,44,45,46). The van der Waals surface area contributed by atoms with Crippen LogP contribution in [0.25, 0.3) is 21.5 Å². The molecule has 0 unspecified atom stereocenters. The minimum atomic E-state index is -4.84. The van der Waals surface area contributed by atoms with Gasteiger partial charge in [-0.1, -0.05) is 49.9 Å². The van der Waals surface area contributed by atoms with Crippen LogP contribution in [0.5, 0.6) is 0 Å². The summed E-state index contributed by atoms with van der Waals surface area (Å²) in [5.41, 5.74) is -0.166.